The van der Waals surface area contributed by atoms with Crippen molar-refractivity contribution in [3.05, 3.63) is 70.6 Å². The van der Waals surface area contributed by atoms with Crippen molar-refractivity contribution in [1.29, 1.82) is 5.26 Å². The molecule has 2 heterocycles. The standard InChI is InChI=1S/C22H17ClF3N5O3/c1-14-18(12-29-31(14)19-7-6-15(11-28-19)22(24,25)26)21(33)34-13-20(32)30(9-3-8-27)17-5-2-4-16(23)10-17/h2,4-7,10-12H,3,9,13H2,1H3. The second-order valence-corrected chi connectivity index (χ2v) is 7.40. The van der Waals surface area contributed by atoms with Gasteiger partial charge in [-0.05, 0) is 37.3 Å². The van der Waals surface area contributed by atoms with Gasteiger partial charge < -0.3 is 9.64 Å². The quantitative estimate of drug-likeness (QED) is 0.455. The van der Waals surface area contributed by atoms with Crippen LogP contribution in [-0.2, 0) is 15.7 Å². The molecule has 0 aliphatic carbocycles. The van der Waals surface area contributed by atoms with Gasteiger partial charge in [0.1, 0.15) is 5.56 Å². The van der Waals surface area contributed by atoms with Crippen molar-refractivity contribution >= 4 is 29.2 Å². The maximum atomic E-state index is 12.7. The van der Waals surface area contributed by atoms with E-state index in [1.165, 1.54) is 22.7 Å². The van der Waals surface area contributed by atoms with E-state index in [1.54, 1.807) is 24.3 Å². The third kappa shape index (κ3) is 5.71. The maximum Gasteiger partial charge on any atom is 0.417 e. The van der Waals surface area contributed by atoms with Crippen LogP contribution in [0.25, 0.3) is 5.82 Å². The first-order chi connectivity index (χ1) is 16.1. The van der Waals surface area contributed by atoms with Gasteiger partial charge in [0.05, 0.1) is 29.9 Å². The van der Waals surface area contributed by atoms with Gasteiger partial charge in [0.25, 0.3) is 5.91 Å². The Balaban J connectivity index is 1.71. The zero-order chi connectivity index (χ0) is 24.9. The molecule has 0 bridgehead atoms. The smallest absolute Gasteiger partial charge is 0.417 e. The van der Waals surface area contributed by atoms with Crippen LogP contribution in [0.2, 0.25) is 5.02 Å². The number of ether oxygens (including phenoxy) is 1. The molecule has 0 saturated heterocycles. The van der Waals surface area contributed by atoms with Crippen molar-refractivity contribution in [2.45, 2.75) is 19.5 Å². The summed E-state index contributed by atoms with van der Waals surface area (Å²) in [5.41, 5.74) is -0.192. The van der Waals surface area contributed by atoms with Crippen LogP contribution in [0.3, 0.4) is 0 Å². The molecule has 34 heavy (non-hydrogen) atoms. The average Bonchev–Trinajstić information content (AvgIpc) is 3.18. The second kappa shape index (κ2) is 10.4. The molecule has 0 radical (unpaired) electrons. The van der Waals surface area contributed by atoms with E-state index >= 15 is 0 Å². The van der Waals surface area contributed by atoms with E-state index < -0.39 is 30.2 Å². The van der Waals surface area contributed by atoms with E-state index in [9.17, 15) is 22.8 Å². The zero-order valence-electron chi connectivity index (χ0n) is 17.7. The highest BCUT2D eigenvalue weighted by Gasteiger charge is 2.31. The molecule has 0 atom stereocenters. The fraction of sp³-hybridized carbons (Fsp3) is 0.227. The average molecular weight is 492 g/mol. The van der Waals surface area contributed by atoms with E-state index in [1.807, 2.05) is 6.07 Å². The van der Waals surface area contributed by atoms with Crippen LogP contribution in [0.15, 0.2) is 48.8 Å². The number of anilines is 1. The van der Waals surface area contributed by atoms with Crippen LogP contribution in [0, 0.1) is 18.3 Å². The lowest BCUT2D eigenvalue weighted by Crippen LogP contribution is -2.35. The molecule has 0 aliphatic heterocycles. The van der Waals surface area contributed by atoms with Gasteiger partial charge in [-0.1, -0.05) is 17.7 Å². The highest BCUT2D eigenvalue weighted by atomic mass is 35.5. The molecule has 1 amide bonds. The maximum absolute atomic E-state index is 12.7. The van der Waals surface area contributed by atoms with Crippen LogP contribution >= 0.6 is 11.6 Å². The van der Waals surface area contributed by atoms with Gasteiger partial charge in [-0.25, -0.2) is 14.5 Å². The number of aromatic nitrogens is 3. The lowest BCUT2D eigenvalue weighted by Gasteiger charge is -2.21. The molecule has 3 aromatic rings. The van der Waals surface area contributed by atoms with Crippen molar-refractivity contribution in [2.75, 3.05) is 18.1 Å². The summed E-state index contributed by atoms with van der Waals surface area (Å²) in [5, 5.41) is 13.3. The van der Waals surface area contributed by atoms with Crippen molar-refractivity contribution < 1.29 is 27.5 Å². The molecule has 3 rings (SSSR count). The number of pyridine rings is 1. The number of hydrogen-bond acceptors (Lipinski definition) is 6. The summed E-state index contributed by atoms with van der Waals surface area (Å²) in [6.45, 7) is 0.972. The number of rotatable bonds is 7. The minimum absolute atomic E-state index is 0.0147. The van der Waals surface area contributed by atoms with Crippen LogP contribution in [0.5, 0.6) is 0 Å². The summed E-state index contributed by atoms with van der Waals surface area (Å²) in [6.07, 6.45) is -2.64. The first-order valence-electron chi connectivity index (χ1n) is 9.80. The first kappa shape index (κ1) is 24.7. The van der Waals surface area contributed by atoms with E-state index in [4.69, 9.17) is 21.6 Å². The molecule has 0 N–H and O–H groups in total. The van der Waals surface area contributed by atoms with Crippen LogP contribution < -0.4 is 4.90 Å². The monoisotopic (exact) mass is 491 g/mol. The number of halogens is 4. The van der Waals surface area contributed by atoms with Gasteiger partial charge in [0.2, 0.25) is 0 Å². The Morgan fingerprint density at radius 3 is 2.62 bits per heavy atom. The van der Waals surface area contributed by atoms with Crippen LogP contribution in [0.1, 0.15) is 28.0 Å². The van der Waals surface area contributed by atoms with Gasteiger partial charge in [-0.15, -0.1) is 0 Å². The number of carbonyl (C=O) groups is 2. The molecule has 8 nitrogen and oxygen atoms in total. The summed E-state index contributed by atoms with van der Waals surface area (Å²) in [5.74, 6) is -1.35. The Hall–Kier alpha value is -3.91. The summed E-state index contributed by atoms with van der Waals surface area (Å²) >= 11 is 5.98. The number of nitriles is 1. The molecule has 0 aliphatic rings. The second-order valence-electron chi connectivity index (χ2n) is 6.97. The van der Waals surface area contributed by atoms with E-state index in [0.717, 1.165) is 12.1 Å². The number of nitrogens with zero attached hydrogens (tertiary/aromatic N) is 5. The molecule has 1 aromatic carbocycles. The van der Waals surface area contributed by atoms with Gasteiger partial charge >= 0.3 is 12.1 Å². The predicted octanol–water partition coefficient (Wildman–Crippen LogP) is 4.35. The third-order valence-electron chi connectivity index (χ3n) is 4.72. The molecular weight excluding hydrogens is 475 g/mol. The van der Waals surface area contributed by atoms with Crippen molar-refractivity contribution in [3.63, 3.8) is 0 Å². The largest absolute Gasteiger partial charge is 0.452 e. The molecule has 0 fully saturated rings. The lowest BCUT2D eigenvalue weighted by atomic mass is 10.2. The highest BCUT2D eigenvalue weighted by Crippen LogP contribution is 2.29. The van der Waals surface area contributed by atoms with E-state index in [0.29, 0.717) is 16.9 Å². The van der Waals surface area contributed by atoms with Gasteiger partial charge in [0.15, 0.2) is 12.4 Å². The molecule has 12 heteroatoms. The minimum Gasteiger partial charge on any atom is -0.452 e. The number of benzene rings is 1. The fourth-order valence-corrected chi connectivity index (χ4v) is 3.19. The molecule has 176 valence electrons. The number of hydrogen-bond donors (Lipinski definition) is 0. The Morgan fingerprint density at radius 2 is 2.00 bits per heavy atom. The zero-order valence-corrected chi connectivity index (χ0v) is 18.5. The topological polar surface area (TPSA) is 101 Å². The molecular formula is C22H17ClF3N5O3. The number of carbonyl (C=O) groups excluding carboxylic acids is 2. The van der Waals surface area contributed by atoms with Crippen molar-refractivity contribution in [2.24, 2.45) is 0 Å². The fourth-order valence-electron chi connectivity index (χ4n) is 3.01. The Labute approximate surface area is 197 Å². The molecule has 0 unspecified atom stereocenters. The van der Waals surface area contributed by atoms with E-state index in [2.05, 4.69) is 10.1 Å². The minimum atomic E-state index is -4.53. The first-order valence-corrected chi connectivity index (χ1v) is 10.2. The van der Waals surface area contributed by atoms with Crippen LogP contribution in [0.4, 0.5) is 18.9 Å². The molecule has 2 aromatic heterocycles. The molecule has 0 saturated carbocycles. The van der Waals surface area contributed by atoms with Gasteiger partial charge in [-0.2, -0.15) is 23.5 Å². The van der Waals surface area contributed by atoms with Gasteiger partial charge in [-0.3, -0.25) is 4.79 Å². The van der Waals surface area contributed by atoms with Gasteiger partial charge in [0, 0.05) is 23.5 Å². The highest BCUT2D eigenvalue weighted by molar-refractivity contribution is 6.30. The van der Waals surface area contributed by atoms with Crippen molar-refractivity contribution in [1.82, 2.24) is 14.8 Å². The number of alkyl halides is 3. The summed E-state index contributed by atoms with van der Waals surface area (Å²) in [4.78, 5) is 30.3. The predicted molar refractivity (Wildman–Crippen MR) is 115 cm³/mol. The number of amides is 1. The van der Waals surface area contributed by atoms with E-state index in [-0.39, 0.29) is 30.0 Å². The lowest BCUT2D eigenvalue weighted by molar-refractivity contribution is -0.137. The summed E-state index contributed by atoms with van der Waals surface area (Å²) in [7, 11) is 0. The van der Waals surface area contributed by atoms with Crippen molar-refractivity contribution in [3.8, 4) is 11.9 Å². The molecule has 0 spiro atoms. The summed E-state index contributed by atoms with van der Waals surface area (Å²) < 4.78 is 44.5. The summed E-state index contributed by atoms with van der Waals surface area (Å²) in [6, 6.07) is 10.4. The Morgan fingerprint density at radius 1 is 1.24 bits per heavy atom. The normalized spacial score (nSPS) is 11.1. The third-order valence-corrected chi connectivity index (χ3v) is 4.95. The SMILES string of the molecule is Cc1c(C(=O)OCC(=O)N(CCC#N)c2cccc(Cl)c2)cnn1-c1ccc(C(F)(F)F)cn1. The Bertz CT molecular complexity index is 1240. The van der Waals surface area contributed by atoms with Crippen LogP contribution in [-0.4, -0.2) is 39.8 Å². The Kier molecular flexibility index (Phi) is 7.53. The number of esters is 1.